The van der Waals surface area contributed by atoms with Crippen molar-refractivity contribution in [3.8, 4) is 0 Å². The average Bonchev–Trinajstić information content (AvgIpc) is 2.92. The highest BCUT2D eigenvalue weighted by Gasteiger charge is 2.27. The minimum atomic E-state index is -4.06. The van der Waals surface area contributed by atoms with Gasteiger partial charge in [-0.05, 0) is 51.8 Å². The number of aromatic amines is 1. The Bertz CT molecular complexity index is 991. The monoisotopic (exact) mass is 474 g/mol. The Hall–Kier alpha value is -1.91. The van der Waals surface area contributed by atoms with Crippen molar-refractivity contribution in [3.63, 3.8) is 0 Å². The summed E-state index contributed by atoms with van der Waals surface area (Å²) in [4.78, 5) is 25.5. The predicted molar refractivity (Wildman–Crippen MR) is 108 cm³/mol. The summed E-state index contributed by atoms with van der Waals surface area (Å²) in [5.74, 6) is -1.71. The van der Waals surface area contributed by atoms with Crippen molar-refractivity contribution in [2.24, 2.45) is 0 Å². The molecule has 2 aromatic rings. The number of unbranched alkanes of at least 4 members (excludes halogenated alkanes) is 1. The number of aromatic carboxylic acids is 1. The van der Waals surface area contributed by atoms with Gasteiger partial charge in [-0.15, -0.1) is 0 Å². The second-order valence-corrected chi connectivity index (χ2v) is 9.88. The lowest BCUT2D eigenvalue weighted by atomic mass is 10.2. The molecule has 3 N–H and O–H groups in total. The van der Waals surface area contributed by atoms with Gasteiger partial charge in [0.2, 0.25) is 10.0 Å². The molecule has 0 atom stereocenters. The summed E-state index contributed by atoms with van der Waals surface area (Å²) >= 11 is 3.27. The molecule has 0 aliphatic heterocycles. The molecule has 1 aromatic carbocycles. The van der Waals surface area contributed by atoms with Crippen LogP contribution in [0, 0.1) is 0 Å². The van der Waals surface area contributed by atoms with E-state index in [0.717, 1.165) is 0 Å². The summed E-state index contributed by atoms with van der Waals surface area (Å²) in [6.45, 7) is 5.40. The minimum Gasteiger partial charge on any atom is -0.477 e. The Balaban J connectivity index is 2.07. The third kappa shape index (κ3) is 5.79. The highest BCUT2D eigenvalue weighted by atomic mass is 79.9. The van der Waals surface area contributed by atoms with Crippen LogP contribution in [0.5, 0.6) is 0 Å². The molecule has 0 saturated heterocycles. The maximum absolute atomic E-state index is 12.7. The van der Waals surface area contributed by atoms with Crippen LogP contribution in [-0.4, -0.2) is 42.6 Å². The minimum absolute atomic E-state index is 0.0743. The first kappa shape index (κ1) is 22.4. The molecule has 0 spiro atoms. The normalized spacial score (nSPS) is 12.3. The summed E-state index contributed by atoms with van der Waals surface area (Å²) in [6, 6.07) is 4.84. The van der Waals surface area contributed by atoms with Crippen LogP contribution in [0.1, 0.15) is 50.5 Å². The molecule has 0 bridgehead atoms. The van der Waals surface area contributed by atoms with Crippen molar-refractivity contribution < 1.29 is 27.9 Å². The molecule has 0 fully saturated rings. The molecule has 1 aromatic heterocycles. The molecule has 8 nitrogen and oxygen atoms in total. The first-order chi connectivity index (χ1) is 12.9. The van der Waals surface area contributed by atoms with Gasteiger partial charge in [0, 0.05) is 28.3 Å². The number of H-pyrrole nitrogens is 1. The lowest BCUT2D eigenvalue weighted by Gasteiger charge is -2.19. The van der Waals surface area contributed by atoms with E-state index in [1.54, 1.807) is 39.0 Å². The molecule has 2 rings (SSSR count). The molecular weight excluding hydrogens is 452 g/mol. The van der Waals surface area contributed by atoms with Crippen molar-refractivity contribution in [1.29, 1.82) is 0 Å². The van der Waals surface area contributed by atoms with Gasteiger partial charge in [0.25, 0.3) is 0 Å². The molecule has 154 valence electrons. The number of rotatable bonds is 8. The van der Waals surface area contributed by atoms with Gasteiger partial charge < -0.3 is 14.8 Å². The molecule has 0 aliphatic rings. The molecule has 0 aliphatic carbocycles. The van der Waals surface area contributed by atoms with Crippen LogP contribution in [0.4, 0.5) is 0 Å². The number of benzene rings is 1. The summed E-state index contributed by atoms with van der Waals surface area (Å²) < 4.78 is 33.7. The topological polar surface area (TPSA) is 126 Å². The molecule has 28 heavy (non-hydrogen) atoms. The van der Waals surface area contributed by atoms with Gasteiger partial charge in [0.15, 0.2) is 0 Å². The van der Waals surface area contributed by atoms with Crippen LogP contribution in [-0.2, 0) is 19.6 Å². The van der Waals surface area contributed by atoms with Gasteiger partial charge in [-0.2, -0.15) is 0 Å². The van der Waals surface area contributed by atoms with Crippen molar-refractivity contribution in [2.45, 2.75) is 50.5 Å². The van der Waals surface area contributed by atoms with Crippen molar-refractivity contribution in [2.75, 3.05) is 6.54 Å². The summed E-state index contributed by atoms with van der Waals surface area (Å²) in [5, 5.41) is 9.66. The third-order valence-electron chi connectivity index (χ3n) is 3.72. The lowest BCUT2D eigenvalue weighted by Crippen LogP contribution is -2.27. The highest BCUT2D eigenvalue weighted by molar-refractivity contribution is 9.10. The fourth-order valence-electron chi connectivity index (χ4n) is 2.63. The van der Waals surface area contributed by atoms with Crippen LogP contribution >= 0.6 is 15.9 Å². The summed E-state index contributed by atoms with van der Waals surface area (Å²) in [5.41, 5.74) is -0.546. The fraction of sp³-hybridized carbons (Fsp3) is 0.444. The molecule has 1 heterocycles. The number of carboxylic acids is 1. The number of carbonyl (C=O) groups is 2. The number of ether oxygens (including phenoxy) is 1. The second-order valence-electron chi connectivity index (χ2n) is 7.27. The van der Waals surface area contributed by atoms with Gasteiger partial charge in [0.1, 0.15) is 16.2 Å². The zero-order valence-electron chi connectivity index (χ0n) is 15.8. The number of carbonyl (C=O) groups excluding carboxylic acids is 1. The summed E-state index contributed by atoms with van der Waals surface area (Å²) in [7, 11) is -4.06. The molecule has 10 heteroatoms. The van der Waals surface area contributed by atoms with Crippen molar-refractivity contribution in [3.05, 3.63) is 28.4 Å². The quantitative estimate of drug-likeness (QED) is 0.397. The maximum atomic E-state index is 12.7. The Morgan fingerprint density at radius 2 is 1.93 bits per heavy atom. The van der Waals surface area contributed by atoms with Gasteiger partial charge in [0.05, 0.1) is 0 Å². The average molecular weight is 475 g/mol. The molecule has 0 saturated carbocycles. The number of fused-ring (bicyclic) bond motifs is 1. The van der Waals surface area contributed by atoms with E-state index in [0.29, 0.717) is 22.8 Å². The van der Waals surface area contributed by atoms with E-state index in [9.17, 15) is 23.1 Å². The number of carboxylic acid groups (broad SMARTS) is 1. The Morgan fingerprint density at radius 1 is 1.25 bits per heavy atom. The lowest BCUT2D eigenvalue weighted by molar-refractivity contribution is -0.154. The van der Waals surface area contributed by atoms with E-state index in [1.165, 1.54) is 0 Å². The van der Waals surface area contributed by atoms with E-state index >= 15 is 0 Å². The van der Waals surface area contributed by atoms with E-state index in [1.807, 2.05) is 0 Å². The van der Waals surface area contributed by atoms with Crippen molar-refractivity contribution in [1.82, 2.24) is 9.71 Å². The molecular formula is C18H23BrN2O6S. The largest absolute Gasteiger partial charge is 0.477 e. The number of hydrogen-bond acceptors (Lipinski definition) is 5. The third-order valence-corrected chi connectivity index (χ3v) is 5.75. The zero-order valence-corrected chi connectivity index (χ0v) is 18.2. The molecule has 0 amide bonds. The van der Waals surface area contributed by atoms with Crippen LogP contribution in [0.25, 0.3) is 10.9 Å². The number of halogens is 1. The van der Waals surface area contributed by atoms with Crippen LogP contribution in [0.3, 0.4) is 0 Å². The Morgan fingerprint density at radius 3 is 2.54 bits per heavy atom. The Labute approximate surface area is 171 Å². The smallest absolute Gasteiger partial charge is 0.353 e. The fourth-order valence-corrected chi connectivity index (χ4v) is 4.42. The van der Waals surface area contributed by atoms with Crippen LogP contribution in [0.15, 0.2) is 27.6 Å². The molecule has 0 radical (unpaired) electrons. The number of nitrogens with one attached hydrogen (secondary N) is 2. The van der Waals surface area contributed by atoms with E-state index in [2.05, 4.69) is 25.6 Å². The zero-order chi connectivity index (χ0) is 21.1. The first-order valence-electron chi connectivity index (χ1n) is 8.67. The number of aromatic nitrogens is 1. The second kappa shape index (κ2) is 8.62. The maximum Gasteiger partial charge on any atom is 0.353 e. The number of esters is 1. The highest BCUT2D eigenvalue weighted by Crippen LogP contribution is 2.29. The first-order valence-corrected chi connectivity index (χ1v) is 10.9. The van der Waals surface area contributed by atoms with E-state index in [-0.39, 0.29) is 29.2 Å². The predicted octanol–water partition coefficient (Wildman–Crippen LogP) is 3.42. The molecule has 0 unspecified atom stereocenters. The van der Waals surface area contributed by atoms with E-state index < -0.39 is 27.3 Å². The van der Waals surface area contributed by atoms with Gasteiger partial charge in [-0.1, -0.05) is 15.9 Å². The van der Waals surface area contributed by atoms with Crippen LogP contribution < -0.4 is 4.72 Å². The summed E-state index contributed by atoms with van der Waals surface area (Å²) in [6.07, 6.45) is 1.04. The van der Waals surface area contributed by atoms with Gasteiger partial charge in [-0.25, -0.2) is 17.9 Å². The van der Waals surface area contributed by atoms with E-state index in [4.69, 9.17) is 4.74 Å². The van der Waals surface area contributed by atoms with Gasteiger partial charge in [-0.3, -0.25) is 4.79 Å². The van der Waals surface area contributed by atoms with Crippen LogP contribution in [0.2, 0.25) is 0 Å². The SMILES string of the molecule is CC(C)(C)OC(=O)CCCCNS(=O)(=O)c1c(C(=O)O)[nH]c2ccc(Br)cc12. The number of sulfonamides is 1. The van der Waals surface area contributed by atoms with Crippen molar-refractivity contribution >= 4 is 48.8 Å². The standard InChI is InChI=1S/C18H23BrN2O6S/c1-18(2,3)27-14(22)6-4-5-9-20-28(25,26)16-12-10-11(19)7-8-13(12)21-15(16)17(23)24/h7-8,10,20-21H,4-6,9H2,1-3H3,(H,23,24). The van der Waals surface area contributed by atoms with Gasteiger partial charge >= 0.3 is 11.9 Å². The number of hydrogen-bond donors (Lipinski definition) is 3. The Kier molecular flexibility index (Phi) is 6.89.